The van der Waals surface area contributed by atoms with Gasteiger partial charge in [0.1, 0.15) is 5.82 Å². The van der Waals surface area contributed by atoms with Gasteiger partial charge in [-0.3, -0.25) is 4.99 Å². The van der Waals surface area contributed by atoms with E-state index in [0.29, 0.717) is 18.0 Å². The van der Waals surface area contributed by atoms with Gasteiger partial charge in [0.2, 0.25) is 0 Å². The van der Waals surface area contributed by atoms with Crippen LogP contribution in [-0.2, 0) is 10.2 Å². The van der Waals surface area contributed by atoms with Gasteiger partial charge in [0.15, 0.2) is 5.96 Å². The Labute approximate surface area is 168 Å². The molecule has 1 atom stereocenters. The number of hydrogen-bond donors (Lipinski definition) is 1. The highest BCUT2D eigenvalue weighted by molar-refractivity contribution is 14.0. The lowest BCUT2D eigenvalue weighted by atomic mass is 9.84. The maximum Gasteiger partial charge on any atom is 0.193 e. The van der Waals surface area contributed by atoms with E-state index >= 15 is 0 Å². The third-order valence-electron chi connectivity index (χ3n) is 4.55. The molecule has 1 saturated heterocycles. The molecule has 1 aromatic carbocycles. The standard InChI is InChI=1S/C19H30FN3O.HI/c1-5-21-18(23-11-10-15(12-23)13-24-4)22-14-19(2,3)16-8-6-7-9-17(16)20;/h6-9,15H,5,10-14H2,1-4H3,(H,21,22);1H. The average molecular weight is 463 g/mol. The summed E-state index contributed by atoms with van der Waals surface area (Å²) in [6.45, 7) is 10.2. The largest absolute Gasteiger partial charge is 0.384 e. The van der Waals surface area contributed by atoms with Crippen molar-refractivity contribution < 1.29 is 9.13 Å². The van der Waals surface area contributed by atoms with Crippen LogP contribution in [0.5, 0.6) is 0 Å². The highest BCUT2D eigenvalue weighted by atomic mass is 127. The predicted octanol–water partition coefficient (Wildman–Crippen LogP) is 3.66. The lowest BCUT2D eigenvalue weighted by molar-refractivity contribution is 0.157. The minimum atomic E-state index is -0.350. The number of likely N-dealkylation sites (tertiary alicyclic amines) is 1. The Morgan fingerprint density at radius 1 is 1.40 bits per heavy atom. The quantitative estimate of drug-likeness (QED) is 0.398. The lowest BCUT2D eigenvalue weighted by Gasteiger charge is -2.26. The summed E-state index contributed by atoms with van der Waals surface area (Å²) < 4.78 is 19.4. The summed E-state index contributed by atoms with van der Waals surface area (Å²) in [6, 6.07) is 6.97. The van der Waals surface area contributed by atoms with Crippen molar-refractivity contribution in [1.82, 2.24) is 10.2 Å². The number of methoxy groups -OCH3 is 1. The van der Waals surface area contributed by atoms with E-state index in [1.54, 1.807) is 13.2 Å². The van der Waals surface area contributed by atoms with Gasteiger partial charge in [-0.15, -0.1) is 24.0 Å². The zero-order valence-electron chi connectivity index (χ0n) is 15.7. The van der Waals surface area contributed by atoms with Crippen LogP contribution in [0.2, 0.25) is 0 Å². The Kier molecular flexibility index (Phi) is 9.13. The van der Waals surface area contributed by atoms with E-state index in [2.05, 4.69) is 17.1 Å². The molecular weight excluding hydrogens is 432 g/mol. The smallest absolute Gasteiger partial charge is 0.193 e. The first-order chi connectivity index (χ1) is 11.5. The van der Waals surface area contributed by atoms with Crippen LogP contribution in [-0.4, -0.2) is 50.8 Å². The number of guanidine groups is 1. The molecule has 1 aromatic rings. The van der Waals surface area contributed by atoms with Gasteiger partial charge < -0.3 is 15.0 Å². The van der Waals surface area contributed by atoms with Crippen LogP contribution in [0.15, 0.2) is 29.3 Å². The number of ether oxygens (including phenoxy) is 1. The van der Waals surface area contributed by atoms with Gasteiger partial charge in [-0.05, 0) is 25.0 Å². The molecule has 142 valence electrons. The molecule has 0 radical (unpaired) electrons. The zero-order chi connectivity index (χ0) is 17.6. The normalized spacial score (nSPS) is 18.2. The number of halogens is 2. The Balaban J connectivity index is 0.00000312. The van der Waals surface area contributed by atoms with Crippen molar-refractivity contribution in [2.24, 2.45) is 10.9 Å². The van der Waals surface area contributed by atoms with Gasteiger partial charge >= 0.3 is 0 Å². The molecule has 0 bridgehead atoms. The van der Waals surface area contributed by atoms with Gasteiger partial charge in [-0.25, -0.2) is 4.39 Å². The topological polar surface area (TPSA) is 36.9 Å². The van der Waals surface area contributed by atoms with Crippen LogP contribution in [0.25, 0.3) is 0 Å². The molecule has 0 amide bonds. The third-order valence-corrected chi connectivity index (χ3v) is 4.55. The fraction of sp³-hybridized carbons (Fsp3) is 0.632. The maximum absolute atomic E-state index is 14.1. The number of nitrogens with zero attached hydrogens (tertiary/aromatic N) is 2. The molecule has 0 aromatic heterocycles. The molecular formula is C19H31FIN3O. The number of hydrogen-bond acceptors (Lipinski definition) is 2. The fourth-order valence-corrected chi connectivity index (χ4v) is 3.19. The summed E-state index contributed by atoms with van der Waals surface area (Å²) >= 11 is 0. The van der Waals surface area contributed by atoms with Crippen molar-refractivity contribution in [3.05, 3.63) is 35.6 Å². The maximum atomic E-state index is 14.1. The van der Waals surface area contributed by atoms with Gasteiger partial charge in [0.25, 0.3) is 0 Å². The van der Waals surface area contributed by atoms with E-state index in [9.17, 15) is 4.39 Å². The first-order valence-electron chi connectivity index (χ1n) is 8.75. The molecule has 0 saturated carbocycles. The minimum absolute atomic E-state index is 0. The van der Waals surface area contributed by atoms with Crippen LogP contribution in [0.3, 0.4) is 0 Å². The Hall–Kier alpha value is -0.890. The van der Waals surface area contributed by atoms with Crippen LogP contribution < -0.4 is 5.32 Å². The summed E-state index contributed by atoms with van der Waals surface area (Å²) in [6.07, 6.45) is 1.12. The molecule has 1 aliphatic heterocycles. The molecule has 1 heterocycles. The van der Waals surface area contributed by atoms with Crippen molar-refractivity contribution in [3.63, 3.8) is 0 Å². The first kappa shape index (κ1) is 22.2. The van der Waals surface area contributed by atoms with Gasteiger partial charge in [0.05, 0.1) is 13.2 Å². The number of aliphatic imine (C=N–C) groups is 1. The van der Waals surface area contributed by atoms with E-state index in [1.165, 1.54) is 6.07 Å². The van der Waals surface area contributed by atoms with E-state index in [1.807, 2.05) is 26.0 Å². The number of rotatable bonds is 6. The first-order valence-corrected chi connectivity index (χ1v) is 8.75. The molecule has 0 aliphatic carbocycles. The molecule has 1 aliphatic rings. The third kappa shape index (κ3) is 6.09. The van der Waals surface area contributed by atoms with Gasteiger partial charge in [0, 0.05) is 38.1 Å². The van der Waals surface area contributed by atoms with Crippen LogP contribution in [0.1, 0.15) is 32.8 Å². The Morgan fingerprint density at radius 2 is 2.12 bits per heavy atom. The molecule has 0 spiro atoms. The number of benzene rings is 1. The van der Waals surface area contributed by atoms with Crippen LogP contribution in [0.4, 0.5) is 4.39 Å². The second-order valence-corrected chi connectivity index (χ2v) is 7.09. The summed E-state index contributed by atoms with van der Waals surface area (Å²) in [5, 5.41) is 3.37. The summed E-state index contributed by atoms with van der Waals surface area (Å²) in [4.78, 5) is 7.09. The van der Waals surface area contributed by atoms with E-state index in [4.69, 9.17) is 9.73 Å². The summed E-state index contributed by atoms with van der Waals surface area (Å²) in [5.74, 6) is 1.31. The summed E-state index contributed by atoms with van der Waals surface area (Å²) in [7, 11) is 1.75. The van der Waals surface area contributed by atoms with Crippen molar-refractivity contribution in [1.29, 1.82) is 0 Å². The highest BCUT2D eigenvalue weighted by Crippen LogP contribution is 2.26. The predicted molar refractivity (Wildman–Crippen MR) is 112 cm³/mol. The second kappa shape index (κ2) is 10.3. The lowest BCUT2D eigenvalue weighted by Crippen LogP contribution is -2.41. The average Bonchev–Trinajstić information content (AvgIpc) is 3.00. The molecule has 25 heavy (non-hydrogen) atoms. The van der Waals surface area contributed by atoms with E-state index in [-0.39, 0.29) is 35.2 Å². The zero-order valence-corrected chi connectivity index (χ0v) is 18.0. The molecule has 2 rings (SSSR count). The van der Waals surface area contributed by atoms with Crippen molar-refractivity contribution in [2.45, 2.75) is 32.6 Å². The molecule has 1 unspecified atom stereocenters. The Morgan fingerprint density at radius 3 is 2.76 bits per heavy atom. The molecule has 6 heteroatoms. The monoisotopic (exact) mass is 463 g/mol. The van der Waals surface area contributed by atoms with Crippen molar-refractivity contribution in [3.8, 4) is 0 Å². The molecule has 1 fully saturated rings. The number of nitrogens with one attached hydrogen (secondary N) is 1. The molecule has 1 N–H and O–H groups in total. The van der Waals surface area contributed by atoms with Crippen LogP contribution >= 0.6 is 24.0 Å². The van der Waals surface area contributed by atoms with Gasteiger partial charge in [-0.2, -0.15) is 0 Å². The highest BCUT2D eigenvalue weighted by Gasteiger charge is 2.27. The van der Waals surface area contributed by atoms with Crippen molar-refractivity contribution in [2.75, 3.05) is 39.9 Å². The Bertz CT molecular complexity index is 565. The van der Waals surface area contributed by atoms with Crippen molar-refractivity contribution >= 4 is 29.9 Å². The van der Waals surface area contributed by atoms with E-state index in [0.717, 1.165) is 38.6 Å². The van der Waals surface area contributed by atoms with Gasteiger partial charge in [-0.1, -0.05) is 32.0 Å². The van der Waals surface area contributed by atoms with E-state index < -0.39 is 0 Å². The second-order valence-electron chi connectivity index (χ2n) is 7.09. The SMILES string of the molecule is CCNC(=NCC(C)(C)c1ccccc1F)N1CCC(COC)C1.I. The fourth-order valence-electron chi connectivity index (χ4n) is 3.19. The minimum Gasteiger partial charge on any atom is -0.384 e. The summed E-state index contributed by atoms with van der Waals surface area (Å²) in [5.41, 5.74) is 0.362. The van der Waals surface area contributed by atoms with Crippen LogP contribution in [0, 0.1) is 11.7 Å². The molecule has 4 nitrogen and oxygen atoms in total.